The highest BCUT2D eigenvalue weighted by Crippen LogP contribution is 2.43. The average molecular weight is 492 g/mol. The summed E-state index contributed by atoms with van der Waals surface area (Å²) in [5.41, 5.74) is 1.01. The fourth-order valence-corrected chi connectivity index (χ4v) is 6.36. The lowest BCUT2D eigenvalue weighted by atomic mass is 9.73. The fraction of sp³-hybridized carbons (Fsp3) is 0.480. The molecular weight excluding hydrogens is 465 g/mol. The maximum absolute atomic E-state index is 15.8. The second-order valence-corrected chi connectivity index (χ2v) is 10.9. The molecule has 3 aliphatic rings. The van der Waals surface area contributed by atoms with Crippen molar-refractivity contribution in [3.8, 4) is 33.8 Å². The fourth-order valence-electron chi connectivity index (χ4n) is 5.61. The number of nitriles is 1. The van der Waals surface area contributed by atoms with E-state index < -0.39 is 11.7 Å². The molecule has 2 N–H and O–H groups in total. The first-order valence-corrected chi connectivity index (χ1v) is 12.9. The zero-order valence-electron chi connectivity index (χ0n) is 19.4. The van der Waals surface area contributed by atoms with Gasteiger partial charge in [-0.2, -0.15) is 5.26 Å². The third-order valence-corrected chi connectivity index (χ3v) is 8.36. The molecule has 6 rings (SSSR count). The predicted molar refractivity (Wildman–Crippen MR) is 131 cm³/mol. The Morgan fingerprint density at radius 2 is 2.14 bits per heavy atom. The number of alkyl halides is 1. The van der Waals surface area contributed by atoms with Crippen molar-refractivity contribution in [2.45, 2.75) is 75.3 Å². The number of piperidine rings is 2. The number of aromatic nitrogens is 4. The number of hydrogen-bond donors (Lipinski definition) is 2. The SMILES string of the molecule is C[C@@]12CCC[C@H](C[C@H](N(c3cnc(-c4ccc(-c5nc(C#N)cs5)cc4O)nn3)C3CC3)[C@@H]1F)N2. The number of nitrogens with one attached hydrogen (secondary N) is 1. The number of phenols is 1. The van der Waals surface area contributed by atoms with Crippen molar-refractivity contribution in [3.63, 3.8) is 0 Å². The first kappa shape index (κ1) is 22.3. The smallest absolute Gasteiger partial charge is 0.185 e. The van der Waals surface area contributed by atoms with Crippen LogP contribution in [0.25, 0.3) is 22.0 Å². The Kier molecular flexibility index (Phi) is 5.42. The van der Waals surface area contributed by atoms with Crippen LogP contribution in [0.2, 0.25) is 0 Å². The van der Waals surface area contributed by atoms with Crippen LogP contribution in [0, 0.1) is 11.3 Å². The van der Waals surface area contributed by atoms with Crippen molar-refractivity contribution < 1.29 is 9.50 Å². The van der Waals surface area contributed by atoms with Crippen molar-refractivity contribution >= 4 is 17.2 Å². The summed E-state index contributed by atoms with van der Waals surface area (Å²) in [5, 5.41) is 34.3. The van der Waals surface area contributed by atoms with Gasteiger partial charge in [0.1, 0.15) is 23.0 Å². The molecule has 2 saturated heterocycles. The van der Waals surface area contributed by atoms with Gasteiger partial charge in [0, 0.05) is 28.6 Å². The van der Waals surface area contributed by atoms with Gasteiger partial charge in [-0.3, -0.25) is 0 Å². The largest absolute Gasteiger partial charge is 0.507 e. The summed E-state index contributed by atoms with van der Waals surface area (Å²) >= 11 is 1.34. The minimum absolute atomic E-state index is 0.00716. The van der Waals surface area contributed by atoms with E-state index in [1.54, 1.807) is 23.7 Å². The summed E-state index contributed by atoms with van der Waals surface area (Å²) in [6.07, 6.45) is 6.44. The zero-order valence-corrected chi connectivity index (χ0v) is 20.2. The second-order valence-electron chi connectivity index (χ2n) is 10.0. The Labute approximate surface area is 206 Å². The highest BCUT2D eigenvalue weighted by molar-refractivity contribution is 7.13. The Morgan fingerprint density at radius 1 is 1.29 bits per heavy atom. The van der Waals surface area contributed by atoms with E-state index in [1.165, 1.54) is 11.3 Å². The molecule has 2 aliphatic heterocycles. The normalized spacial score (nSPS) is 27.9. The molecule has 3 fully saturated rings. The molecule has 3 aromatic rings. The third-order valence-electron chi connectivity index (χ3n) is 7.47. The van der Waals surface area contributed by atoms with Gasteiger partial charge in [-0.15, -0.1) is 21.5 Å². The maximum atomic E-state index is 15.8. The van der Waals surface area contributed by atoms with E-state index in [-0.39, 0.29) is 17.8 Å². The first-order valence-electron chi connectivity index (χ1n) is 12.0. The Balaban J connectivity index is 1.26. The number of phenolic OH excluding ortho intramolecular Hbond substituents is 1. The number of thiazole rings is 1. The lowest BCUT2D eigenvalue weighted by Gasteiger charge is -2.52. The van der Waals surface area contributed by atoms with Crippen LogP contribution in [0.3, 0.4) is 0 Å². The molecule has 180 valence electrons. The van der Waals surface area contributed by atoms with Gasteiger partial charge in [0.05, 0.1) is 17.8 Å². The number of aromatic hydroxyl groups is 1. The van der Waals surface area contributed by atoms with Crippen LogP contribution in [0.15, 0.2) is 29.8 Å². The summed E-state index contributed by atoms with van der Waals surface area (Å²) in [4.78, 5) is 10.8. The average Bonchev–Trinajstić information content (AvgIpc) is 3.57. The number of hydrogen-bond acceptors (Lipinski definition) is 9. The van der Waals surface area contributed by atoms with Crippen molar-refractivity contribution in [2.75, 3.05) is 4.90 Å². The molecular formula is C25H26FN7OS. The number of benzene rings is 1. The van der Waals surface area contributed by atoms with E-state index in [1.807, 2.05) is 19.1 Å². The van der Waals surface area contributed by atoms with Gasteiger partial charge in [-0.1, -0.05) is 6.07 Å². The lowest BCUT2D eigenvalue weighted by Crippen LogP contribution is -2.69. The molecule has 1 aromatic carbocycles. The molecule has 10 heteroatoms. The molecule has 1 saturated carbocycles. The van der Waals surface area contributed by atoms with E-state index in [9.17, 15) is 5.11 Å². The molecule has 4 atom stereocenters. The second kappa shape index (κ2) is 8.50. The van der Waals surface area contributed by atoms with Gasteiger partial charge in [0.15, 0.2) is 17.3 Å². The Morgan fingerprint density at radius 3 is 2.83 bits per heavy atom. The molecule has 0 amide bonds. The van der Waals surface area contributed by atoms with Crippen LogP contribution in [0.4, 0.5) is 10.2 Å². The molecule has 0 radical (unpaired) electrons. The van der Waals surface area contributed by atoms with Gasteiger partial charge in [-0.05, 0) is 57.6 Å². The van der Waals surface area contributed by atoms with Crippen LogP contribution in [-0.2, 0) is 0 Å². The zero-order chi connectivity index (χ0) is 24.2. The van der Waals surface area contributed by atoms with Crippen LogP contribution < -0.4 is 10.2 Å². The number of nitrogens with zero attached hydrogens (tertiary/aromatic N) is 6. The Hall–Kier alpha value is -3.16. The summed E-state index contributed by atoms with van der Waals surface area (Å²) in [6.45, 7) is 2.01. The summed E-state index contributed by atoms with van der Waals surface area (Å²) in [7, 11) is 0. The quantitative estimate of drug-likeness (QED) is 0.546. The maximum Gasteiger partial charge on any atom is 0.185 e. The van der Waals surface area contributed by atoms with E-state index in [2.05, 4.69) is 30.4 Å². The van der Waals surface area contributed by atoms with Crippen molar-refractivity contribution in [1.29, 1.82) is 5.26 Å². The summed E-state index contributed by atoms with van der Waals surface area (Å²) in [5.74, 6) is 0.902. The molecule has 35 heavy (non-hydrogen) atoms. The van der Waals surface area contributed by atoms with Gasteiger partial charge < -0.3 is 15.3 Å². The van der Waals surface area contributed by atoms with Crippen LogP contribution in [-0.4, -0.2) is 55.1 Å². The van der Waals surface area contributed by atoms with E-state index >= 15 is 4.39 Å². The molecule has 0 unspecified atom stereocenters. The summed E-state index contributed by atoms with van der Waals surface area (Å²) in [6, 6.07) is 7.48. The predicted octanol–water partition coefficient (Wildman–Crippen LogP) is 4.22. The summed E-state index contributed by atoms with van der Waals surface area (Å²) < 4.78 is 15.8. The Bertz CT molecular complexity index is 1290. The van der Waals surface area contributed by atoms with Crippen molar-refractivity contribution in [2.24, 2.45) is 0 Å². The van der Waals surface area contributed by atoms with Gasteiger partial charge >= 0.3 is 0 Å². The topological polar surface area (TPSA) is 111 Å². The van der Waals surface area contributed by atoms with Crippen molar-refractivity contribution in [1.82, 2.24) is 25.5 Å². The first-order chi connectivity index (χ1) is 16.9. The van der Waals surface area contributed by atoms with Crippen LogP contribution >= 0.6 is 11.3 Å². The van der Waals surface area contributed by atoms with Crippen molar-refractivity contribution in [3.05, 3.63) is 35.5 Å². The van der Waals surface area contributed by atoms with E-state index in [0.29, 0.717) is 39.5 Å². The molecule has 2 bridgehead atoms. The highest BCUT2D eigenvalue weighted by atomic mass is 32.1. The van der Waals surface area contributed by atoms with Crippen LogP contribution in [0.5, 0.6) is 5.75 Å². The highest BCUT2D eigenvalue weighted by Gasteiger charge is 2.52. The number of halogens is 1. The molecule has 8 nitrogen and oxygen atoms in total. The number of fused-ring (bicyclic) bond motifs is 2. The number of anilines is 1. The standard InChI is InChI=1S/C25H26FN7OS/c1-25-8-2-3-15(30-25)10-19(22(25)26)33(17-5-6-17)21-12-28-23(32-31-21)18-7-4-14(9-20(18)34)24-29-16(11-27)13-35-24/h4,7,9,12-13,15,17,19,22,30,34H,2-3,5-6,8,10H2,1H3/t15-,19+,22+,25-/m1/s1. The molecule has 0 spiro atoms. The van der Waals surface area contributed by atoms with E-state index in [0.717, 1.165) is 38.5 Å². The van der Waals surface area contributed by atoms with Gasteiger partial charge in [0.25, 0.3) is 0 Å². The molecule has 1 aliphatic carbocycles. The molecule has 4 heterocycles. The minimum atomic E-state index is -0.995. The minimum Gasteiger partial charge on any atom is -0.507 e. The van der Waals surface area contributed by atoms with E-state index in [4.69, 9.17) is 5.26 Å². The number of rotatable bonds is 5. The van der Waals surface area contributed by atoms with Gasteiger partial charge in [-0.25, -0.2) is 14.4 Å². The van der Waals surface area contributed by atoms with Gasteiger partial charge in [0.2, 0.25) is 0 Å². The third kappa shape index (κ3) is 4.02. The monoisotopic (exact) mass is 491 g/mol. The lowest BCUT2D eigenvalue weighted by molar-refractivity contribution is 0.0385. The van der Waals surface area contributed by atoms with Crippen LogP contribution in [0.1, 0.15) is 51.1 Å². The molecule has 2 aromatic heterocycles.